The van der Waals surface area contributed by atoms with Crippen LogP contribution in [0.25, 0.3) is 0 Å². The molecule has 2 heterocycles. The van der Waals surface area contributed by atoms with E-state index in [4.69, 9.17) is 5.73 Å². The SMILES string of the molecule is N#CC1=C(N)N(c2ccc(Br)cc2F)C2=C(C(=O)CCC2)C12C(=O)Nc1ccccc12. The summed E-state index contributed by atoms with van der Waals surface area (Å²) in [6.07, 6.45) is 1.21. The zero-order chi connectivity index (χ0) is 21.9. The molecule has 31 heavy (non-hydrogen) atoms. The molecule has 3 N–H and O–H groups in total. The van der Waals surface area contributed by atoms with Gasteiger partial charge in [-0.05, 0) is 37.1 Å². The zero-order valence-electron chi connectivity index (χ0n) is 16.2. The molecule has 154 valence electrons. The third-order valence-corrected chi connectivity index (χ3v) is 6.58. The summed E-state index contributed by atoms with van der Waals surface area (Å²) in [6.45, 7) is 0. The quantitative estimate of drug-likeness (QED) is 0.645. The first-order valence-electron chi connectivity index (χ1n) is 9.74. The predicted octanol–water partition coefficient (Wildman–Crippen LogP) is 4.00. The highest BCUT2D eigenvalue weighted by Gasteiger charge is 2.60. The number of hydrogen-bond acceptors (Lipinski definition) is 5. The van der Waals surface area contributed by atoms with Crippen molar-refractivity contribution < 1.29 is 14.0 Å². The molecule has 0 aromatic heterocycles. The number of nitrogens with zero attached hydrogens (tertiary/aromatic N) is 2. The Morgan fingerprint density at radius 3 is 2.71 bits per heavy atom. The summed E-state index contributed by atoms with van der Waals surface area (Å²) in [5.74, 6) is -1.35. The monoisotopic (exact) mass is 478 g/mol. The Bertz CT molecular complexity index is 1290. The molecule has 3 aliphatic rings. The number of anilines is 2. The van der Waals surface area contributed by atoms with Crippen LogP contribution in [-0.2, 0) is 15.0 Å². The van der Waals surface area contributed by atoms with Gasteiger partial charge in [-0.3, -0.25) is 14.5 Å². The van der Waals surface area contributed by atoms with E-state index < -0.39 is 17.1 Å². The van der Waals surface area contributed by atoms with Gasteiger partial charge in [-0.15, -0.1) is 0 Å². The lowest BCUT2D eigenvalue weighted by molar-refractivity contribution is -0.122. The number of nitriles is 1. The molecule has 0 saturated carbocycles. The molecule has 5 rings (SSSR count). The van der Waals surface area contributed by atoms with Crippen molar-refractivity contribution in [2.45, 2.75) is 24.7 Å². The summed E-state index contributed by atoms with van der Waals surface area (Å²) in [4.78, 5) is 28.2. The fraction of sp³-hybridized carbons (Fsp3) is 0.174. The van der Waals surface area contributed by atoms with Gasteiger partial charge >= 0.3 is 0 Å². The van der Waals surface area contributed by atoms with Crippen molar-refractivity contribution in [2.75, 3.05) is 10.2 Å². The van der Waals surface area contributed by atoms with E-state index in [1.165, 1.54) is 17.0 Å². The average molecular weight is 479 g/mol. The van der Waals surface area contributed by atoms with Crippen LogP contribution in [0.5, 0.6) is 0 Å². The van der Waals surface area contributed by atoms with E-state index in [1.807, 2.05) is 0 Å². The lowest BCUT2D eigenvalue weighted by Crippen LogP contribution is -2.50. The van der Waals surface area contributed by atoms with Gasteiger partial charge in [0, 0.05) is 33.4 Å². The van der Waals surface area contributed by atoms with E-state index in [1.54, 1.807) is 30.3 Å². The second-order valence-corrected chi connectivity index (χ2v) is 8.57. The number of amides is 1. The minimum atomic E-state index is -1.63. The molecule has 0 fully saturated rings. The zero-order valence-corrected chi connectivity index (χ0v) is 17.8. The van der Waals surface area contributed by atoms with E-state index >= 15 is 0 Å². The number of benzene rings is 2. The van der Waals surface area contributed by atoms with Gasteiger partial charge in [0.25, 0.3) is 0 Å². The maximum Gasteiger partial charge on any atom is 0.245 e. The van der Waals surface area contributed by atoms with Crippen molar-refractivity contribution in [3.8, 4) is 6.07 Å². The summed E-state index contributed by atoms with van der Waals surface area (Å²) in [7, 11) is 0. The van der Waals surface area contributed by atoms with Gasteiger partial charge in [-0.25, -0.2) is 4.39 Å². The average Bonchev–Trinajstić information content (AvgIpc) is 3.02. The van der Waals surface area contributed by atoms with Crippen molar-refractivity contribution in [2.24, 2.45) is 5.73 Å². The molecule has 1 atom stereocenters. The van der Waals surface area contributed by atoms with Crippen LogP contribution in [0.15, 0.2) is 69.6 Å². The Kier molecular flexibility index (Phi) is 4.27. The Balaban J connectivity index is 1.89. The minimum absolute atomic E-state index is 0.0518. The van der Waals surface area contributed by atoms with Gasteiger partial charge in [-0.1, -0.05) is 34.1 Å². The van der Waals surface area contributed by atoms with Gasteiger partial charge in [0.2, 0.25) is 5.91 Å². The van der Waals surface area contributed by atoms with Crippen LogP contribution in [-0.4, -0.2) is 11.7 Å². The number of carbonyl (C=O) groups excluding carboxylic acids is 2. The molecule has 1 aliphatic carbocycles. The molecule has 1 amide bonds. The smallest absolute Gasteiger partial charge is 0.245 e. The third kappa shape index (κ3) is 2.47. The minimum Gasteiger partial charge on any atom is -0.384 e. The molecule has 1 unspecified atom stereocenters. The van der Waals surface area contributed by atoms with Crippen LogP contribution < -0.4 is 16.0 Å². The standard InChI is InChI=1S/C23H16BrFN4O2/c24-12-8-9-17(15(25)10-12)29-18-6-3-7-19(30)20(18)23(14(11-26)21(29)27)13-4-1-2-5-16(13)28-22(23)31/h1-2,4-5,8-10H,3,6-7,27H2,(H,28,31). The number of rotatable bonds is 1. The number of nitrogens with one attached hydrogen (secondary N) is 1. The number of fused-ring (bicyclic) bond motifs is 3. The van der Waals surface area contributed by atoms with Crippen LogP contribution >= 0.6 is 15.9 Å². The summed E-state index contributed by atoms with van der Waals surface area (Å²) >= 11 is 3.24. The van der Waals surface area contributed by atoms with Crippen molar-refractivity contribution in [1.82, 2.24) is 0 Å². The van der Waals surface area contributed by atoms with E-state index in [2.05, 4.69) is 27.3 Å². The molecular formula is C23H16BrFN4O2. The Labute approximate surface area is 186 Å². The topological polar surface area (TPSA) is 99.2 Å². The molecule has 2 aromatic carbocycles. The molecule has 0 bridgehead atoms. The second-order valence-electron chi connectivity index (χ2n) is 7.65. The number of Topliss-reactive ketones (excluding diaryl/α,β-unsaturated/α-hetero) is 1. The van der Waals surface area contributed by atoms with E-state index in [0.717, 1.165) is 0 Å². The number of halogens is 2. The van der Waals surface area contributed by atoms with Gasteiger partial charge in [0.1, 0.15) is 23.1 Å². The molecule has 8 heteroatoms. The van der Waals surface area contributed by atoms with Gasteiger partial charge in [0.15, 0.2) is 5.78 Å². The van der Waals surface area contributed by atoms with E-state index in [9.17, 15) is 19.2 Å². The fourth-order valence-corrected chi connectivity index (χ4v) is 5.22. The Hall–Kier alpha value is -3.44. The number of ketones is 1. The van der Waals surface area contributed by atoms with Gasteiger partial charge < -0.3 is 11.1 Å². The maximum absolute atomic E-state index is 15.0. The molecule has 2 aliphatic heterocycles. The molecule has 2 aromatic rings. The molecule has 0 radical (unpaired) electrons. The maximum atomic E-state index is 15.0. The molecule has 6 nitrogen and oxygen atoms in total. The molecular weight excluding hydrogens is 463 g/mol. The van der Waals surface area contributed by atoms with Crippen LogP contribution in [0.3, 0.4) is 0 Å². The fourth-order valence-electron chi connectivity index (χ4n) is 4.88. The van der Waals surface area contributed by atoms with Gasteiger partial charge in [-0.2, -0.15) is 5.26 Å². The number of allylic oxidation sites excluding steroid dienone is 1. The highest BCUT2D eigenvalue weighted by molar-refractivity contribution is 9.10. The van der Waals surface area contributed by atoms with Crippen LogP contribution in [0, 0.1) is 17.1 Å². The lowest BCUT2D eigenvalue weighted by atomic mass is 9.64. The normalized spacial score (nSPS) is 22.4. The van der Waals surface area contributed by atoms with Crippen molar-refractivity contribution in [1.29, 1.82) is 5.26 Å². The number of hydrogen-bond donors (Lipinski definition) is 2. The Morgan fingerprint density at radius 2 is 1.97 bits per heavy atom. The van der Waals surface area contributed by atoms with Crippen LogP contribution in [0.2, 0.25) is 0 Å². The Morgan fingerprint density at radius 1 is 1.19 bits per heavy atom. The molecule has 0 saturated heterocycles. The number of carbonyl (C=O) groups is 2. The van der Waals surface area contributed by atoms with Crippen molar-refractivity contribution in [3.05, 3.63) is 81.0 Å². The first-order chi connectivity index (χ1) is 14.9. The van der Waals surface area contributed by atoms with Crippen LogP contribution in [0.1, 0.15) is 24.8 Å². The lowest BCUT2D eigenvalue weighted by Gasteiger charge is -2.43. The summed E-state index contributed by atoms with van der Waals surface area (Å²) in [5.41, 5.74) is 6.59. The summed E-state index contributed by atoms with van der Waals surface area (Å²) < 4.78 is 15.5. The second kappa shape index (κ2) is 6.79. The summed E-state index contributed by atoms with van der Waals surface area (Å²) in [6, 6.07) is 13.5. The van der Waals surface area contributed by atoms with E-state index in [0.29, 0.717) is 34.3 Å². The van der Waals surface area contributed by atoms with Gasteiger partial charge in [0.05, 0.1) is 11.3 Å². The van der Waals surface area contributed by atoms with Crippen molar-refractivity contribution in [3.63, 3.8) is 0 Å². The number of para-hydroxylation sites is 1. The highest BCUT2D eigenvalue weighted by atomic mass is 79.9. The van der Waals surface area contributed by atoms with Crippen molar-refractivity contribution >= 4 is 39.0 Å². The highest BCUT2D eigenvalue weighted by Crippen LogP contribution is 2.55. The molecule has 1 spiro atoms. The number of nitrogens with two attached hydrogens (primary N) is 1. The largest absolute Gasteiger partial charge is 0.384 e. The predicted molar refractivity (Wildman–Crippen MR) is 116 cm³/mol. The van der Waals surface area contributed by atoms with E-state index in [-0.39, 0.29) is 34.9 Å². The summed E-state index contributed by atoms with van der Waals surface area (Å²) in [5, 5.41) is 13.0. The van der Waals surface area contributed by atoms with Crippen LogP contribution in [0.4, 0.5) is 15.8 Å². The third-order valence-electron chi connectivity index (χ3n) is 6.08. The first-order valence-corrected chi connectivity index (χ1v) is 10.5. The first kappa shape index (κ1) is 19.5.